The molecule has 1 fully saturated rings. The maximum atomic E-state index is 12.0. The lowest BCUT2D eigenvalue weighted by atomic mass is 10.2. The highest BCUT2D eigenvalue weighted by atomic mass is 79.9. The Morgan fingerprint density at radius 2 is 1.71 bits per heavy atom. The highest BCUT2D eigenvalue weighted by Crippen LogP contribution is 2.14. The summed E-state index contributed by atoms with van der Waals surface area (Å²) in [6, 6.07) is 7.11. The monoisotopic (exact) mass is 354 g/mol. The molecule has 2 rings (SSSR count). The van der Waals surface area contributed by atoms with Crippen LogP contribution in [0.4, 0.5) is 0 Å². The Morgan fingerprint density at radius 1 is 1.05 bits per heavy atom. The number of carbonyl (C=O) groups is 2. The number of halogens is 1. The molecule has 1 aromatic carbocycles. The average molecular weight is 355 g/mol. The van der Waals surface area contributed by atoms with E-state index in [2.05, 4.69) is 26.8 Å². The number of amides is 2. The normalized spacial score (nSPS) is 16.0. The summed E-state index contributed by atoms with van der Waals surface area (Å²) in [6.07, 6.45) is 4.85. The van der Waals surface area contributed by atoms with Crippen molar-refractivity contribution in [2.75, 3.05) is 19.6 Å². The van der Waals surface area contributed by atoms with Gasteiger partial charge in [-0.1, -0.05) is 12.1 Å². The minimum atomic E-state index is -0.318. The Balaban J connectivity index is 1.78. The van der Waals surface area contributed by atoms with E-state index in [1.54, 1.807) is 18.2 Å². The minimum Gasteiger partial charge on any atom is -0.327 e. The predicted molar refractivity (Wildman–Crippen MR) is 83.8 cm³/mol. The Kier molecular flexibility index (Phi) is 6.20. The van der Waals surface area contributed by atoms with Crippen molar-refractivity contribution in [2.45, 2.75) is 25.7 Å². The number of hydrogen-bond donors (Lipinski definition) is 3. The van der Waals surface area contributed by atoms with E-state index in [9.17, 15) is 9.59 Å². The van der Waals surface area contributed by atoms with Crippen LogP contribution in [0.3, 0.4) is 0 Å². The lowest BCUT2D eigenvalue weighted by Gasteiger charge is -2.16. The maximum absolute atomic E-state index is 12.0. The van der Waals surface area contributed by atoms with Crippen molar-refractivity contribution in [2.24, 2.45) is 0 Å². The first kappa shape index (κ1) is 16.0. The summed E-state index contributed by atoms with van der Waals surface area (Å²) in [5.74, 6) is -0.464. The highest BCUT2D eigenvalue weighted by molar-refractivity contribution is 9.10. The fourth-order valence-corrected chi connectivity index (χ4v) is 2.98. The van der Waals surface area contributed by atoms with E-state index in [0.29, 0.717) is 16.6 Å². The van der Waals surface area contributed by atoms with Crippen molar-refractivity contribution in [1.29, 1.82) is 0 Å². The molecule has 0 aromatic heterocycles. The summed E-state index contributed by atoms with van der Waals surface area (Å²) >= 11 is 3.31. The van der Waals surface area contributed by atoms with Crippen LogP contribution >= 0.6 is 15.9 Å². The number of benzene rings is 1. The van der Waals surface area contributed by atoms with Crippen LogP contribution in [-0.2, 0) is 4.79 Å². The third-order valence-electron chi connectivity index (χ3n) is 3.66. The Morgan fingerprint density at radius 3 is 2.38 bits per heavy atom. The molecule has 0 radical (unpaired) electrons. The Labute approximate surface area is 133 Å². The molecule has 21 heavy (non-hydrogen) atoms. The summed E-state index contributed by atoms with van der Waals surface area (Å²) < 4.78 is 0.704. The van der Waals surface area contributed by atoms with Gasteiger partial charge in [0.05, 0.1) is 18.7 Å². The van der Waals surface area contributed by atoms with Gasteiger partial charge in [0.15, 0.2) is 6.54 Å². The second-order valence-corrected chi connectivity index (χ2v) is 6.18. The van der Waals surface area contributed by atoms with Gasteiger partial charge in [0.1, 0.15) is 0 Å². The molecule has 0 saturated carbocycles. The van der Waals surface area contributed by atoms with E-state index < -0.39 is 0 Å². The smallest absolute Gasteiger partial charge is 0.293 e. The molecule has 0 atom stereocenters. The van der Waals surface area contributed by atoms with E-state index >= 15 is 0 Å². The third kappa shape index (κ3) is 5.13. The van der Waals surface area contributed by atoms with Crippen LogP contribution in [-0.4, -0.2) is 31.4 Å². The van der Waals surface area contributed by atoms with Crippen LogP contribution < -0.4 is 15.8 Å². The first-order valence-electron chi connectivity index (χ1n) is 7.34. The molecule has 3 N–H and O–H groups in total. The first-order chi connectivity index (χ1) is 10.2. The maximum Gasteiger partial charge on any atom is 0.293 e. The van der Waals surface area contributed by atoms with E-state index in [1.807, 2.05) is 6.07 Å². The van der Waals surface area contributed by atoms with Gasteiger partial charge in [-0.2, -0.15) is 0 Å². The average Bonchev–Trinajstić information content (AvgIpc) is 2.74. The Bertz CT molecular complexity index is 499. The number of quaternary nitrogens is 1. The molecule has 1 heterocycles. The van der Waals surface area contributed by atoms with Gasteiger partial charge in [-0.3, -0.25) is 20.4 Å². The van der Waals surface area contributed by atoms with Crippen LogP contribution in [0.25, 0.3) is 0 Å². The number of nitrogens with one attached hydrogen (secondary N) is 3. The largest absolute Gasteiger partial charge is 0.327 e. The molecule has 6 heteroatoms. The topological polar surface area (TPSA) is 62.6 Å². The van der Waals surface area contributed by atoms with Crippen molar-refractivity contribution in [3.63, 3.8) is 0 Å². The van der Waals surface area contributed by atoms with Crippen molar-refractivity contribution >= 4 is 27.7 Å². The van der Waals surface area contributed by atoms with E-state index in [-0.39, 0.29) is 11.8 Å². The fourth-order valence-electron chi connectivity index (χ4n) is 2.52. The van der Waals surface area contributed by atoms with Gasteiger partial charge in [-0.25, -0.2) is 0 Å². The number of hydrogen-bond acceptors (Lipinski definition) is 2. The van der Waals surface area contributed by atoms with Crippen LogP contribution in [0.5, 0.6) is 0 Å². The molecule has 1 aromatic rings. The number of hydrazine groups is 1. The number of carbonyl (C=O) groups excluding carboxylic acids is 2. The SMILES string of the molecule is O=C(C[NH+]1CCCCCC1)NNC(=O)c1ccccc1Br. The molecule has 0 aliphatic carbocycles. The van der Waals surface area contributed by atoms with Crippen LogP contribution in [0.1, 0.15) is 36.0 Å². The number of rotatable bonds is 3. The molecular formula is C15H21BrN3O2+. The minimum absolute atomic E-state index is 0.146. The second-order valence-electron chi connectivity index (χ2n) is 5.32. The predicted octanol–water partition coefficient (Wildman–Crippen LogP) is 0.669. The van der Waals surface area contributed by atoms with Gasteiger partial charge in [0.2, 0.25) is 0 Å². The van der Waals surface area contributed by atoms with Gasteiger partial charge < -0.3 is 4.90 Å². The van der Waals surface area contributed by atoms with Crippen molar-refractivity contribution in [3.8, 4) is 0 Å². The standard InChI is InChI=1S/C15H20BrN3O2/c16-13-8-4-3-7-12(13)15(21)18-17-14(20)11-19-9-5-1-2-6-10-19/h3-4,7-8H,1-2,5-6,9-11H2,(H,17,20)(H,18,21)/p+1. The molecule has 1 aliphatic heterocycles. The van der Waals surface area contributed by atoms with Gasteiger partial charge in [-0.05, 0) is 53.7 Å². The molecule has 114 valence electrons. The summed E-state index contributed by atoms with van der Waals surface area (Å²) in [4.78, 5) is 25.1. The van der Waals surface area contributed by atoms with Crippen molar-refractivity contribution < 1.29 is 14.5 Å². The zero-order valence-electron chi connectivity index (χ0n) is 12.0. The van der Waals surface area contributed by atoms with Gasteiger partial charge in [-0.15, -0.1) is 0 Å². The van der Waals surface area contributed by atoms with Crippen LogP contribution in [0.2, 0.25) is 0 Å². The second kappa shape index (κ2) is 8.14. The van der Waals surface area contributed by atoms with Gasteiger partial charge in [0.25, 0.3) is 11.8 Å². The summed E-state index contributed by atoms with van der Waals surface area (Å²) in [7, 11) is 0. The lowest BCUT2D eigenvalue weighted by Crippen LogP contribution is -3.13. The zero-order chi connectivity index (χ0) is 15.1. The lowest BCUT2D eigenvalue weighted by molar-refractivity contribution is -0.891. The van der Waals surface area contributed by atoms with E-state index in [0.717, 1.165) is 13.1 Å². The molecule has 0 bridgehead atoms. The van der Waals surface area contributed by atoms with E-state index in [1.165, 1.54) is 30.6 Å². The molecule has 1 saturated heterocycles. The van der Waals surface area contributed by atoms with Gasteiger partial charge in [0, 0.05) is 4.47 Å². The molecule has 1 aliphatic rings. The summed E-state index contributed by atoms with van der Waals surface area (Å²) in [5, 5.41) is 0. The van der Waals surface area contributed by atoms with Crippen molar-refractivity contribution in [1.82, 2.24) is 10.9 Å². The van der Waals surface area contributed by atoms with Crippen molar-refractivity contribution in [3.05, 3.63) is 34.3 Å². The quantitative estimate of drug-likeness (QED) is 0.698. The van der Waals surface area contributed by atoms with E-state index in [4.69, 9.17) is 0 Å². The van der Waals surface area contributed by atoms with Gasteiger partial charge >= 0.3 is 0 Å². The molecule has 2 amide bonds. The molecule has 0 unspecified atom stereocenters. The van der Waals surface area contributed by atoms with Crippen LogP contribution in [0, 0.1) is 0 Å². The Hall–Kier alpha value is -1.40. The number of likely N-dealkylation sites (tertiary alicyclic amines) is 1. The van der Waals surface area contributed by atoms with Crippen LogP contribution in [0.15, 0.2) is 28.7 Å². The first-order valence-corrected chi connectivity index (χ1v) is 8.13. The summed E-state index contributed by atoms with van der Waals surface area (Å²) in [6.45, 7) is 2.48. The summed E-state index contributed by atoms with van der Waals surface area (Å²) in [5.41, 5.74) is 5.46. The molecular weight excluding hydrogens is 334 g/mol. The third-order valence-corrected chi connectivity index (χ3v) is 4.35. The highest BCUT2D eigenvalue weighted by Gasteiger charge is 2.17. The fraction of sp³-hybridized carbons (Fsp3) is 0.467. The zero-order valence-corrected chi connectivity index (χ0v) is 13.5. The molecule has 0 spiro atoms. The molecule has 5 nitrogen and oxygen atoms in total.